The second kappa shape index (κ2) is 7.81. The van der Waals surface area contributed by atoms with Crippen molar-refractivity contribution in [2.45, 2.75) is 39.7 Å². The van der Waals surface area contributed by atoms with E-state index in [2.05, 4.69) is 31.0 Å². The van der Waals surface area contributed by atoms with Gasteiger partial charge in [-0.1, -0.05) is 31.1 Å². The molecular formula is C18H22N6O2. The number of urea groups is 1. The molecule has 0 aliphatic carbocycles. The molecular weight excluding hydrogens is 332 g/mol. The highest BCUT2D eigenvalue weighted by Gasteiger charge is 2.09. The van der Waals surface area contributed by atoms with Gasteiger partial charge in [-0.3, -0.25) is 5.10 Å². The monoisotopic (exact) mass is 354 g/mol. The van der Waals surface area contributed by atoms with E-state index in [1.165, 1.54) is 0 Å². The molecule has 2 aromatic heterocycles. The Morgan fingerprint density at radius 3 is 2.65 bits per heavy atom. The van der Waals surface area contributed by atoms with Crippen LogP contribution in [0.5, 0.6) is 0 Å². The summed E-state index contributed by atoms with van der Waals surface area (Å²) in [6.45, 7) is 6.22. The van der Waals surface area contributed by atoms with Crippen molar-refractivity contribution in [3.8, 4) is 0 Å². The first kappa shape index (κ1) is 17.7. The van der Waals surface area contributed by atoms with Crippen LogP contribution in [0.2, 0.25) is 0 Å². The molecule has 0 saturated heterocycles. The summed E-state index contributed by atoms with van der Waals surface area (Å²) < 4.78 is 5.19. The first-order valence-corrected chi connectivity index (χ1v) is 8.47. The predicted octanol–water partition coefficient (Wildman–Crippen LogP) is 3.14. The summed E-state index contributed by atoms with van der Waals surface area (Å²) in [4.78, 5) is 16.3. The molecule has 136 valence electrons. The van der Waals surface area contributed by atoms with E-state index in [-0.39, 0.29) is 12.6 Å². The lowest BCUT2D eigenvalue weighted by molar-refractivity contribution is 0.250. The van der Waals surface area contributed by atoms with Crippen LogP contribution in [-0.2, 0) is 13.0 Å². The van der Waals surface area contributed by atoms with Crippen molar-refractivity contribution in [3.63, 3.8) is 0 Å². The van der Waals surface area contributed by atoms with Crippen LogP contribution in [0.1, 0.15) is 48.4 Å². The number of amides is 2. The van der Waals surface area contributed by atoms with E-state index in [0.717, 1.165) is 22.9 Å². The van der Waals surface area contributed by atoms with Gasteiger partial charge in [0.05, 0.1) is 12.2 Å². The van der Waals surface area contributed by atoms with Crippen LogP contribution < -0.4 is 10.6 Å². The van der Waals surface area contributed by atoms with Gasteiger partial charge in [-0.15, -0.1) is 0 Å². The van der Waals surface area contributed by atoms with E-state index in [4.69, 9.17) is 4.52 Å². The lowest BCUT2D eigenvalue weighted by Gasteiger charge is -2.07. The van der Waals surface area contributed by atoms with Crippen molar-refractivity contribution < 1.29 is 9.32 Å². The first-order chi connectivity index (χ1) is 12.5. The maximum atomic E-state index is 12.0. The van der Waals surface area contributed by atoms with Gasteiger partial charge < -0.3 is 15.2 Å². The standard InChI is InChI=1S/C18H22N6O2/c1-11(2)16-9-15(26-24-16)10-19-18(25)21-14-6-4-13(5-7-14)8-17-20-12(3)22-23-17/h4-7,9,11H,8,10H2,1-3H3,(H2,19,21,25)(H,20,22,23). The number of hydrogen-bond donors (Lipinski definition) is 3. The van der Waals surface area contributed by atoms with Crippen molar-refractivity contribution >= 4 is 11.7 Å². The maximum Gasteiger partial charge on any atom is 0.319 e. The Morgan fingerprint density at radius 1 is 1.27 bits per heavy atom. The number of nitrogens with zero attached hydrogens (tertiary/aromatic N) is 3. The molecule has 0 atom stereocenters. The fourth-order valence-corrected chi connectivity index (χ4v) is 2.38. The zero-order chi connectivity index (χ0) is 18.5. The Morgan fingerprint density at radius 2 is 2.04 bits per heavy atom. The van der Waals surface area contributed by atoms with E-state index < -0.39 is 0 Å². The largest absolute Gasteiger partial charge is 0.359 e. The topological polar surface area (TPSA) is 109 Å². The molecule has 26 heavy (non-hydrogen) atoms. The zero-order valence-corrected chi connectivity index (χ0v) is 15.0. The van der Waals surface area contributed by atoms with E-state index in [0.29, 0.717) is 23.8 Å². The van der Waals surface area contributed by atoms with Gasteiger partial charge in [0.25, 0.3) is 0 Å². The summed E-state index contributed by atoms with van der Waals surface area (Å²) in [5, 5.41) is 16.4. The molecule has 0 aliphatic rings. The van der Waals surface area contributed by atoms with Crippen LogP contribution in [0, 0.1) is 6.92 Å². The lowest BCUT2D eigenvalue weighted by Crippen LogP contribution is -2.28. The van der Waals surface area contributed by atoms with Gasteiger partial charge in [0, 0.05) is 18.2 Å². The number of rotatable bonds is 6. The molecule has 0 spiro atoms. The lowest BCUT2D eigenvalue weighted by atomic mass is 10.1. The molecule has 1 aromatic carbocycles. The summed E-state index contributed by atoms with van der Waals surface area (Å²) in [5.41, 5.74) is 2.65. The predicted molar refractivity (Wildman–Crippen MR) is 96.8 cm³/mol. The van der Waals surface area contributed by atoms with Gasteiger partial charge in [-0.05, 0) is 30.5 Å². The number of anilines is 1. The molecule has 0 saturated carbocycles. The first-order valence-electron chi connectivity index (χ1n) is 8.47. The Hall–Kier alpha value is -3.16. The van der Waals surface area contributed by atoms with Crippen LogP contribution in [0.3, 0.4) is 0 Å². The molecule has 3 rings (SSSR count). The minimum absolute atomic E-state index is 0.286. The third-order valence-electron chi connectivity index (χ3n) is 3.81. The Labute approximate surface area is 151 Å². The smallest absolute Gasteiger partial charge is 0.319 e. The number of carbonyl (C=O) groups is 1. The average molecular weight is 354 g/mol. The van der Waals surface area contributed by atoms with Gasteiger partial charge in [0.15, 0.2) is 11.6 Å². The number of aryl methyl sites for hydroxylation is 1. The number of H-pyrrole nitrogens is 1. The van der Waals surface area contributed by atoms with Gasteiger partial charge >= 0.3 is 6.03 Å². The minimum atomic E-state index is -0.301. The fraction of sp³-hybridized carbons (Fsp3) is 0.333. The molecule has 0 fully saturated rings. The minimum Gasteiger partial charge on any atom is -0.359 e. The molecule has 8 nitrogen and oxygen atoms in total. The molecule has 2 amide bonds. The molecule has 3 N–H and O–H groups in total. The van der Waals surface area contributed by atoms with Crippen LogP contribution in [-0.4, -0.2) is 26.4 Å². The van der Waals surface area contributed by atoms with Crippen molar-refractivity contribution in [1.29, 1.82) is 0 Å². The molecule has 0 unspecified atom stereocenters. The third-order valence-corrected chi connectivity index (χ3v) is 3.81. The van der Waals surface area contributed by atoms with E-state index in [1.54, 1.807) is 0 Å². The van der Waals surface area contributed by atoms with Crippen LogP contribution >= 0.6 is 0 Å². The van der Waals surface area contributed by atoms with Crippen molar-refractivity contribution in [2.24, 2.45) is 0 Å². The number of nitrogens with one attached hydrogen (secondary N) is 3. The normalized spacial score (nSPS) is 10.9. The average Bonchev–Trinajstić information content (AvgIpc) is 3.24. The summed E-state index contributed by atoms with van der Waals surface area (Å²) in [6.07, 6.45) is 0.639. The summed E-state index contributed by atoms with van der Waals surface area (Å²) in [5.74, 6) is 2.46. The highest BCUT2D eigenvalue weighted by molar-refractivity contribution is 5.89. The van der Waals surface area contributed by atoms with Gasteiger partial charge in [-0.2, -0.15) is 5.10 Å². The summed E-state index contributed by atoms with van der Waals surface area (Å²) in [6, 6.07) is 9.12. The Kier molecular flexibility index (Phi) is 5.31. The number of benzene rings is 1. The van der Waals surface area contributed by atoms with Gasteiger partial charge in [-0.25, -0.2) is 9.78 Å². The Bertz CT molecular complexity index is 866. The van der Waals surface area contributed by atoms with Crippen molar-refractivity contribution in [2.75, 3.05) is 5.32 Å². The second-order valence-electron chi connectivity index (χ2n) is 6.39. The van der Waals surface area contributed by atoms with Crippen LogP contribution in [0.15, 0.2) is 34.9 Å². The number of aromatic nitrogens is 4. The van der Waals surface area contributed by atoms with Crippen molar-refractivity contribution in [3.05, 3.63) is 59.0 Å². The quantitative estimate of drug-likeness (QED) is 0.630. The number of hydrogen-bond acceptors (Lipinski definition) is 5. The molecule has 0 aliphatic heterocycles. The maximum absolute atomic E-state index is 12.0. The molecule has 2 heterocycles. The SMILES string of the molecule is Cc1nc(Cc2ccc(NC(=O)NCc3cc(C(C)C)no3)cc2)n[nH]1. The van der Waals surface area contributed by atoms with Gasteiger partial charge in [0.1, 0.15) is 5.82 Å². The number of carbonyl (C=O) groups excluding carboxylic acids is 1. The molecule has 0 radical (unpaired) electrons. The van der Waals surface area contributed by atoms with E-state index in [9.17, 15) is 4.79 Å². The van der Waals surface area contributed by atoms with E-state index in [1.807, 2.05) is 51.1 Å². The molecule has 0 bridgehead atoms. The summed E-state index contributed by atoms with van der Waals surface area (Å²) >= 11 is 0. The molecule has 8 heteroatoms. The third kappa shape index (κ3) is 4.69. The second-order valence-corrected chi connectivity index (χ2v) is 6.39. The molecule has 3 aromatic rings. The van der Waals surface area contributed by atoms with E-state index >= 15 is 0 Å². The van der Waals surface area contributed by atoms with Crippen LogP contribution in [0.4, 0.5) is 10.5 Å². The Balaban J connectivity index is 1.49. The number of aromatic amines is 1. The highest BCUT2D eigenvalue weighted by atomic mass is 16.5. The fourth-order valence-electron chi connectivity index (χ4n) is 2.38. The summed E-state index contributed by atoms with van der Waals surface area (Å²) in [7, 11) is 0. The van der Waals surface area contributed by atoms with Crippen molar-refractivity contribution in [1.82, 2.24) is 25.7 Å². The van der Waals surface area contributed by atoms with Gasteiger partial charge in [0.2, 0.25) is 0 Å². The zero-order valence-electron chi connectivity index (χ0n) is 15.0. The van der Waals surface area contributed by atoms with Crippen LogP contribution in [0.25, 0.3) is 0 Å². The highest BCUT2D eigenvalue weighted by Crippen LogP contribution is 2.14.